The molecule has 1 fully saturated rings. The molecule has 0 atom stereocenters. The van der Waals surface area contributed by atoms with E-state index in [0.717, 1.165) is 38.5 Å². The molecule has 0 aromatic heterocycles. The Morgan fingerprint density at radius 2 is 1.60 bits per heavy atom. The Balaban J connectivity index is 2.85. The second kappa shape index (κ2) is 11.4. The summed E-state index contributed by atoms with van der Waals surface area (Å²) in [5.41, 5.74) is 8.25. The summed E-state index contributed by atoms with van der Waals surface area (Å²) in [6.07, 6.45) is 7.72. The summed E-state index contributed by atoms with van der Waals surface area (Å²) < 4.78 is 12.2. The van der Waals surface area contributed by atoms with Crippen LogP contribution < -0.4 is 0 Å². The van der Waals surface area contributed by atoms with Gasteiger partial charge < -0.3 is 9.47 Å². The maximum atomic E-state index is 6.09. The van der Waals surface area contributed by atoms with E-state index >= 15 is 0 Å². The van der Waals surface area contributed by atoms with Gasteiger partial charge in [0.1, 0.15) is 8.07 Å². The minimum Gasteiger partial charge on any atom is -0.350 e. The normalized spacial score (nSPS) is 17.6. The highest BCUT2D eigenvalue weighted by Crippen LogP contribution is 2.41. The standard InChI is InChI=1S/C27H44O2Si/c1-10-11-18-24(25(2,3)4)21-27(22-28-26(5,6)29-23-27)19-16-14-12-13-15-17-20-30(7,8)9/h11H,10,12-13,15,19,21-23H2,1-9H3. The Morgan fingerprint density at radius 1 is 1.00 bits per heavy atom. The van der Waals surface area contributed by atoms with Crippen molar-refractivity contribution in [1.82, 2.24) is 0 Å². The Kier molecular flexibility index (Phi) is 10.2. The molecule has 0 aromatic carbocycles. The molecule has 0 unspecified atom stereocenters. The maximum absolute atomic E-state index is 6.09. The molecule has 1 saturated heterocycles. The van der Waals surface area contributed by atoms with E-state index in [9.17, 15) is 0 Å². The zero-order valence-corrected chi connectivity index (χ0v) is 22.1. The molecule has 0 N–H and O–H groups in total. The van der Waals surface area contributed by atoms with Gasteiger partial charge in [0.05, 0.1) is 13.2 Å². The molecule has 1 aliphatic rings. The fraction of sp³-hybridized carbons (Fsp3) is 0.741. The third-order valence-corrected chi connectivity index (χ3v) is 5.97. The molecule has 2 nitrogen and oxygen atoms in total. The van der Waals surface area contributed by atoms with Gasteiger partial charge in [0, 0.05) is 24.7 Å². The third-order valence-electron chi connectivity index (χ3n) is 5.04. The van der Waals surface area contributed by atoms with Crippen LogP contribution >= 0.6 is 0 Å². The van der Waals surface area contributed by atoms with Gasteiger partial charge in [0.2, 0.25) is 0 Å². The number of unbranched alkanes of at least 4 members (excludes halogenated alkanes) is 2. The fourth-order valence-corrected chi connectivity index (χ4v) is 3.72. The first-order valence-electron chi connectivity index (χ1n) is 11.5. The minimum atomic E-state index is -1.25. The lowest BCUT2D eigenvalue weighted by Gasteiger charge is -2.44. The second-order valence-electron chi connectivity index (χ2n) is 11.1. The van der Waals surface area contributed by atoms with Crippen LogP contribution in [-0.4, -0.2) is 27.1 Å². The van der Waals surface area contributed by atoms with Gasteiger partial charge in [-0.3, -0.25) is 0 Å². The van der Waals surface area contributed by atoms with Gasteiger partial charge >= 0.3 is 0 Å². The highest BCUT2D eigenvalue weighted by molar-refractivity contribution is 6.83. The van der Waals surface area contributed by atoms with Crippen LogP contribution in [-0.2, 0) is 9.47 Å². The van der Waals surface area contributed by atoms with Crippen LogP contribution in [0.5, 0.6) is 0 Å². The second-order valence-corrected chi connectivity index (χ2v) is 15.8. The van der Waals surface area contributed by atoms with E-state index in [4.69, 9.17) is 9.47 Å². The topological polar surface area (TPSA) is 18.5 Å². The van der Waals surface area contributed by atoms with Crippen molar-refractivity contribution in [2.75, 3.05) is 13.2 Å². The predicted octanol–water partition coefficient (Wildman–Crippen LogP) is 7.13. The first-order chi connectivity index (χ1) is 13.8. The number of ether oxygens (including phenoxy) is 2. The maximum Gasteiger partial charge on any atom is 0.162 e. The van der Waals surface area contributed by atoms with E-state index < -0.39 is 13.9 Å². The molecule has 0 spiro atoms. The molecule has 0 aliphatic carbocycles. The summed E-state index contributed by atoms with van der Waals surface area (Å²) in [6.45, 7) is 21.1. The molecule has 30 heavy (non-hydrogen) atoms. The molecule has 1 aliphatic heterocycles. The molecule has 168 valence electrons. The molecule has 0 saturated carbocycles. The van der Waals surface area contributed by atoms with Gasteiger partial charge in [0.25, 0.3) is 0 Å². The zero-order valence-electron chi connectivity index (χ0n) is 21.1. The van der Waals surface area contributed by atoms with Gasteiger partial charge in [-0.1, -0.05) is 47.3 Å². The summed E-state index contributed by atoms with van der Waals surface area (Å²) in [5.74, 6) is 9.63. The first kappa shape index (κ1) is 26.8. The quantitative estimate of drug-likeness (QED) is 0.194. The fourth-order valence-electron chi connectivity index (χ4n) is 3.07. The van der Waals surface area contributed by atoms with Crippen molar-refractivity contribution >= 4 is 8.07 Å². The minimum absolute atomic E-state index is 0.0636. The van der Waals surface area contributed by atoms with Crippen molar-refractivity contribution < 1.29 is 9.47 Å². The van der Waals surface area contributed by atoms with Crippen LogP contribution in [0.4, 0.5) is 0 Å². The van der Waals surface area contributed by atoms with Gasteiger partial charge in [-0.25, -0.2) is 0 Å². The van der Waals surface area contributed by atoms with E-state index in [1.807, 2.05) is 13.8 Å². The Morgan fingerprint density at radius 3 is 2.13 bits per heavy atom. The van der Waals surface area contributed by atoms with Crippen LogP contribution in [0, 0.1) is 34.1 Å². The molecule has 0 aromatic rings. The van der Waals surface area contributed by atoms with Crippen molar-refractivity contribution in [3.63, 3.8) is 0 Å². The zero-order chi connectivity index (χ0) is 22.9. The highest BCUT2D eigenvalue weighted by Gasteiger charge is 2.41. The number of rotatable bonds is 6. The van der Waals surface area contributed by atoms with Crippen LogP contribution in [0.15, 0.2) is 17.4 Å². The van der Waals surface area contributed by atoms with E-state index in [1.165, 1.54) is 5.57 Å². The summed E-state index contributed by atoms with van der Waals surface area (Å²) in [6, 6.07) is 0. The number of allylic oxidation sites excluding steroid dienone is 1. The Hall–Kier alpha value is -1.22. The van der Waals surface area contributed by atoms with Gasteiger partial charge in [-0.15, -0.1) is 29.0 Å². The SMILES string of the molecule is CCC=C=C(CC1(CC#CCCCC#C[Si](C)(C)C)COC(C)(C)OC1)C(C)(C)C. The summed E-state index contributed by atoms with van der Waals surface area (Å²) >= 11 is 0. The average Bonchev–Trinajstić information content (AvgIpc) is 2.61. The number of hydrogen-bond donors (Lipinski definition) is 0. The Labute approximate surface area is 187 Å². The monoisotopic (exact) mass is 428 g/mol. The predicted molar refractivity (Wildman–Crippen MR) is 132 cm³/mol. The summed E-state index contributed by atoms with van der Waals surface area (Å²) in [7, 11) is -1.25. The highest BCUT2D eigenvalue weighted by atomic mass is 28.3. The Bertz CT molecular complexity index is 722. The third kappa shape index (κ3) is 10.7. The van der Waals surface area contributed by atoms with Gasteiger partial charge in [-0.2, -0.15) is 0 Å². The van der Waals surface area contributed by atoms with Gasteiger partial charge in [-0.05, 0) is 50.2 Å². The van der Waals surface area contributed by atoms with Crippen LogP contribution in [0.25, 0.3) is 0 Å². The van der Waals surface area contributed by atoms with Crippen molar-refractivity contribution in [1.29, 1.82) is 0 Å². The lowest BCUT2D eigenvalue weighted by Crippen LogP contribution is -2.47. The van der Waals surface area contributed by atoms with Crippen LogP contribution in [0.3, 0.4) is 0 Å². The molecule has 1 rings (SSSR count). The van der Waals surface area contributed by atoms with Crippen molar-refractivity contribution in [2.24, 2.45) is 10.8 Å². The average molecular weight is 429 g/mol. The van der Waals surface area contributed by atoms with Crippen molar-refractivity contribution in [2.45, 2.75) is 105 Å². The van der Waals surface area contributed by atoms with Crippen LogP contribution in [0.1, 0.15) is 80.1 Å². The largest absolute Gasteiger partial charge is 0.350 e. The van der Waals surface area contributed by atoms with Gasteiger partial charge in [0.15, 0.2) is 5.79 Å². The molecule has 0 amide bonds. The van der Waals surface area contributed by atoms with Crippen LogP contribution in [0.2, 0.25) is 19.6 Å². The van der Waals surface area contributed by atoms with E-state index in [-0.39, 0.29) is 10.8 Å². The molecular formula is C27H44O2Si. The van der Waals surface area contributed by atoms with E-state index in [0.29, 0.717) is 13.2 Å². The lowest BCUT2D eigenvalue weighted by molar-refractivity contribution is -0.284. The first-order valence-corrected chi connectivity index (χ1v) is 15.0. The lowest BCUT2D eigenvalue weighted by atomic mass is 9.73. The molecule has 3 heteroatoms. The molecule has 1 heterocycles. The van der Waals surface area contributed by atoms with E-state index in [1.54, 1.807) is 0 Å². The summed E-state index contributed by atoms with van der Waals surface area (Å²) in [4.78, 5) is 0. The smallest absolute Gasteiger partial charge is 0.162 e. The molecular weight excluding hydrogens is 384 g/mol. The number of hydrogen-bond acceptors (Lipinski definition) is 2. The van der Waals surface area contributed by atoms with Crippen molar-refractivity contribution in [3.05, 3.63) is 17.4 Å². The van der Waals surface area contributed by atoms with Crippen molar-refractivity contribution in [3.8, 4) is 23.3 Å². The van der Waals surface area contributed by atoms with E-state index in [2.05, 4.69) is 82.4 Å². The molecule has 0 radical (unpaired) electrons. The molecule has 0 bridgehead atoms. The summed E-state index contributed by atoms with van der Waals surface area (Å²) in [5, 5.41) is 0.